The van der Waals surface area contributed by atoms with E-state index in [1.165, 1.54) is 0 Å². The molecule has 0 unspecified atom stereocenters. The van der Waals surface area contributed by atoms with Crippen molar-refractivity contribution in [1.82, 2.24) is 20.5 Å². The van der Waals surface area contributed by atoms with E-state index < -0.39 is 0 Å². The third-order valence-electron chi connectivity index (χ3n) is 5.39. The van der Waals surface area contributed by atoms with Gasteiger partial charge in [-0.05, 0) is 46.0 Å². The summed E-state index contributed by atoms with van der Waals surface area (Å²) < 4.78 is 11.6. The van der Waals surface area contributed by atoms with Crippen molar-refractivity contribution in [1.29, 1.82) is 0 Å². The van der Waals surface area contributed by atoms with Crippen LogP contribution in [-0.4, -0.2) is 39.5 Å². The number of hydrogen-bond donors (Lipinski definition) is 3. The van der Waals surface area contributed by atoms with Crippen LogP contribution in [0, 0.1) is 0 Å². The highest BCUT2D eigenvalue weighted by Gasteiger charge is 2.30. The van der Waals surface area contributed by atoms with Crippen LogP contribution in [0.3, 0.4) is 0 Å². The SMILES string of the molecule is C[C@@H]1CC[C@H](C)Oc2cncc(c2)Nc2cc([nH]n2)[C@H]2CC[C@H](C2)OC(=O)N1. The highest BCUT2D eigenvalue weighted by atomic mass is 16.6. The van der Waals surface area contributed by atoms with E-state index in [1.807, 2.05) is 26.0 Å². The second-order valence-electron chi connectivity index (χ2n) is 7.83. The summed E-state index contributed by atoms with van der Waals surface area (Å²) in [5.41, 5.74) is 1.88. The molecule has 150 valence electrons. The van der Waals surface area contributed by atoms with Gasteiger partial charge in [0.15, 0.2) is 5.82 Å². The standard InChI is InChI=1S/C20H27N5O3/c1-12-3-4-13(2)27-17-8-15(10-21-11-17)23-19-9-18(24-25-19)14-5-6-16(7-14)28-20(26)22-12/h8-14,16H,3-7H2,1-2H3,(H,22,26)(H2,23,24,25)/t12-,13+,14+,16-/m1/s1. The number of aromatic nitrogens is 3. The Morgan fingerprint density at radius 1 is 1.07 bits per heavy atom. The van der Waals surface area contributed by atoms with Crippen LogP contribution >= 0.6 is 0 Å². The average molecular weight is 385 g/mol. The Labute approximate surface area is 164 Å². The van der Waals surface area contributed by atoms with Gasteiger partial charge in [-0.2, -0.15) is 5.10 Å². The van der Waals surface area contributed by atoms with Crippen molar-refractivity contribution in [2.45, 2.75) is 70.1 Å². The van der Waals surface area contributed by atoms with E-state index in [9.17, 15) is 4.79 Å². The van der Waals surface area contributed by atoms with Crippen LogP contribution in [0.4, 0.5) is 16.3 Å². The maximum absolute atomic E-state index is 12.2. The Balaban J connectivity index is 1.54. The van der Waals surface area contributed by atoms with E-state index >= 15 is 0 Å². The van der Waals surface area contributed by atoms with Crippen LogP contribution in [0.25, 0.3) is 0 Å². The quantitative estimate of drug-likeness (QED) is 0.637. The molecular formula is C20H27N5O3. The normalized spacial score (nSPS) is 28.1. The van der Waals surface area contributed by atoms with E-state index in [-0.39, 0.29) is 24.3 Å². The van der Waals surface area contributed by atoms with Gasteiger partial charge in [-0.15, -0.1) is 0 Å². The van der Waals surface area contributed by atoms with Gasteiger partial charge in [0.1, 0.15) is 11.9 Å². The number of pyridine rings is 1. The summed E-state index contributed by atoms with van der Waals surface area (Å²) in [4.78, 5) is 16.5. The molecule has 6 bridgehead atoms. The highest BCUT2D eigenvalue weighted by Crippen LogP contribution is 2.36. The van der Waals surface area contributed by atoms with Gasteiger partial charge in [-0.3, -0.25) is 10.1 Å². The van der Waals surface area contributed by atoms with Crippen LogP contribution in [0.15, 0.2) is 24.5 Å². The zero-order valence-electron chi connectivity index (χ0n) is 16.3. The highest BCUT2D eigenvalue weighted by molar-refractivity contribution is 5.67. The first-order valence-corrected chi connectivity index (χ1v) is 9.96. The number of fused-ring (bicyclic) bond motifs is 7. The number of carbonyl (C=O) groups excluding carboxylic acids is 1. The molecule has 8 heteroatoms. The molecule has 1 fully saturated rings. The Kier molecular flexibility index (Phi) is 5.36. The van der Waals surface area contributed by atoms with E-state index in [2.05, 4.69) is 25.8 Å². The van der Waals surface area contributed by atoms with E-state index in [4.69, 9.17) is 9.47 Å². The lowest BCUT2D eigenvalue weighted by Crippen LogP contribution is -2.35. The minimum atomic E-state index is -0.336. The Morgan fingerprint density at radius 3 is 2.86 bits per heavy atom. The molecular weight excluding hydrogens is 358 g/mol. The lowest BCUT2D eigenvalue weighted by molar-refractivity contribution is 0.0964. The zero-order chi connectivity index (χ0) is 19.5. The predicted molar refractivity (Wildman–Crippen MR) is 105 cm³/mol. The maximum atomic E-state index is 12.2. The van der Waals surface area contributed by atoms with Gasteiger partial charge in [-0.1, -0.05) is 0 Å². The number of alkyl carbamates (subject to hydrolysis) is 1. The predicted octanol–water partition coefficient (Wildman–Crippen LogP) is 3.86. The first-order chi connectivity index (χ1) is 13.5. The van der Waals surface area contributed by atoms with Gasteiger partial charge in [0.2, 0.25) is 0 Å². The largest absolute Gasteiger partial charge is 0.489 e. The number of anilines is 2. The smallest absolute Gasteiger partial charge is 0.407 e. The van der Waals surface area contributed by atoms with E-state index in [0.29, 0.717) is 11.7 Å². The molecule has 2 aromatic heterocycles. The minimum absolute atomic E-state index is 0.00350. The first kappa shape index (κ1) is 18.6. The number of H-pyrrole nitrogens is 1. The van der Waals surface area contributed by atoms with Crippen LogP contribution < -0.4 is 15.4 Å². The summed E-state index contributed by atoms with van der Waals surface area (Å²) in [6.07, 6.45) is 7.33. The molecule has 0 spiro atoms. The zero-order valence-corrected chi connectivity index (χ0v) is 16.3. The van der Waals surface area contributed by atoms with Crippen LogP contribution in [-0.2, 0) is 4.74 Å². The summed E-state index contributed by atoms with van der Waals surface area (Å²) in [7, 11) is 0. The lowest BCUT2D eigenvalue weighted by Gasteiger charge is -2.20. The fraction of sp³-hybridized carbons (Fsp3) is 0.550. The van der Waals surface area contributed by atoms with Crippen molar-refractivity contribution in [3.63, 3.8) is 0 Å². The second kappa shape index (κ2) is 8.08. The van der Waals surface area contributed by atoms with Crippen molar-refractivity contribution in [3.05, 3.63) is 30.2 Å². The summed E-state index contributed by atoms with van der Waals surface area (Å²) in [6.45, 7) is 4.00. The topological polar surface area (TPSA) is 101 Å². The molecule has 1 aliphatic heterocycles. The van der Waals surface area contributed by atoms with E-state index in [0.717, 1.165) is 49.3 Å². The first-order valence-electron chi connectivity index (χ1n) is 9.96. The van der Waals surface area contributed by atoms with E-state index in [1.54, 1.807) is 12.4 Å². The molecule has 2 aliphatic rings. The molecule has 2 aromatic rings. The van der Waals surface area contributed by atoms with Gasteiger partial charge in [0.25, 0.3) is 0 Å². The molecule has 28 heavy (non-hydrogen) atoms. The fourth-order valence-electron chi connectivity index (χ4n) is 3.87. The van der Waals surface area contributed by atoms with Crippen molar-refractivity contribution in [2.24, 2.45) is 0 Å². The third-order valence-corrected chi connectivity index (χ3v) is 5.39. The van der Waals surface area contributed by atoms with Crippen molar-refractivity contribution >= 4 is 17.6 Å². The monoisotopic (exact) mass is 385 g/mol. The maximum Gasteiger partial charge on any atom is 0.407 e. The number of carbonyl (C=O) groups is 1. The van der Waals surface area contributed by atoms with Gasteiger partial charge in [0.05, 0.1) is 24.2 Å². The van der Waals surface area contributed by atoms with Crippen LogP contribution in [0.1, 0.15) is 57.6 Å². The molecule has 0 aromatic carbocycles. The van der Waals surface area contributed by atoms with Gasteiger partial charge in [-0.25, -0.2) is 4.79 Å². The fourth-order valence-corrected chi connectivity index (χ4v) is 3.87. The van der Waals surface area contributed by atoms with Crippen molar-refractivity contribution < 1.29 is 14.3 Å². The van der Waals surface area contributed by atoms with Gasteiger partial charge in [0, 0.05) is 29.8 Å². The Bertz CT molecular complexity index is 824. The number of amides is 1. The molecule has 8 nitrogen and oxygen atoms in total. The molecule has 1 saturated carbocycles. The number of ether oxygens (including phenoxy) is 2. The number of rotatable bonds is 0. The molecule has 0 saturated heterocycles. The molecule has 3 N–H and O–H groups in total. The molecule has 1 amide bonds. The summed E-state index contributed by atoms with van der Waals surface area (Å²) >= 11 is 0. The number of nitrogens with one attached hydrogen (secondary N) is 3. The summed E-state index contributed by atoms with van der Waals surface area (Å²) in [6, 6.07) is 3.95. The summed E-state index contributed by atoms with van der Waals surface area (Å²) in [5.74, 6) is 1.75. The van der Waals surface area contributed by atoms with Gasteiger partial charge < -0.3 is 20.1 Å². The van der Waals surface area contributed by atoms with Gasteiger partial charge >= 0.3 is 6.09 Å². The van der Waals surface area contributed by atoms with Crippen molar-refractivity contribution in [3.8, 4) is 5.75 Å². The minimum Gasteiger partial charge on any atom is -0.489 e. The summed E-state index contributed by atoms with van der Waals surface area (Å²) in [5, 5.41) is 13.7. The molecule has 4 atom stereocenters. The Morgan fingerprint density at radius 2 is 1.96 bits per heavy atom. The van der Waals surface area contributed by atoms with Crippen LogP contribution in [0.5, 0.6) is 5.75 Å². The molecule has 0 radical (unpaired) electrons. The lowest BCUT2D eigenvalue weighted by atomic mass is 10.0. The average Bonchev–Trinajstić information content (AvgIpc) is 3.29. The number of nitrogens with zero attached hydrogens (tertiary/aromatic N) is 2. The second-order valence-corrected chi connectivity index (χ2v) is 7.83. The third kappa shape index (κ3) is 4.55. The molecule has 1 aliphatic carbocycles. The molecule has 4 rings (SSSR count). The van der Waals surface area contributed by atoms with Crippen molar-refractivity contribution in [2.75, 3.05) is 5.32 Å². The number of aromatic amines is 1. The molecule has 3 heterocycles. The Hall–Kier alpha value is -2.77. The number of hydrogen-bond acceptors (Lipinski definition) is 6. The van der Waals surface area contributed by atoms with Crippen LogP contribution in [0.2, 0.25) is 0 Å².